The fourth-order valence-corrected chi connectivity index (χ4v) is 3.39. The molecule has 0 N–H and O–H groups in total. The minimum atomic E-state index is 0.290. The summed E-state index contributed by atoms with van der Waals surface area (Å²) in [5.74, 6) is 0. The van der Waals surface area contributed by atoms with Crippen molar-refractivity contribution in [1.82, 2.24) is 4.90 Å². The summed E-state index contributed by atoms with van der Waals surface area (Å²) < 4.78 is 5.66. The summed E-state index contributed by atoms with van der Waals surface area (Å²) in [5.41, 5.74) is 1.46. The van der Waals surface area contributed by atoms with E-state index in [1.807, 2.05) is 11.8 Å². The number of ether oxygens (including phenoxy) is 1. The van der Waals surface area contributed by atoms with Crippen molar-refractivity contribution in [2.75, 3.05) is 32.8 Å². The largest absolute Gasteiger partial charge is 0.379 e. The van der Waals surface area contributed by atoms with Crippen LogP contribution in [0.3, 0.4) is 0 Å². The Balaban J connectivity index is 1.73. The Bertz CT molecular complexity index is 390. The predicted molar refractivity (Wildman–Crippen MR) is 87.6 cm³/mol. The molecule has 0 spiro atoms. The number of rotatable bonds is 5. The van der Waals surface area contributed by atoms with Crippen LogP contribution in [-0.2, 0) is 11.2 Å². The minimum Gasteiger partial charge on any atom is -0.379 e. The van der Waals surface area contributed by atoms with Crippen LogP contribution in [0.25, 0.3) is 0 Å². The van der Waals surface area contributed by atoms with Crippen LogP contribution in [0.15, 0.2) is 29.2 Å². The molecule has 1 saturated heterocycles. The van der Waals surface area contributed by atoms with Crippen LogP contribution in [0.1, 0.15) is 32.8 Å². The monoisotopic (exact) mass is 293 g/mol. The van der Waals surface area contributed by atoms with Crippen molar-refractivity contribution in [3.63, 3.8) is 0 Å². The molecule has 3 heteroatoms. The van der Waals surface area contributed by atoms with Crippen LogP contribution in [0.4, 0.5) is 0 Å². The molecule has 0 unspecified atom stereocenters. The molecule has 0 aromatic heterocycles. The maximum Gasteiger partial charge on any atom is 0.0594 e. The van der Waals surface area contributed by atoms with E-state index in [0.29, 0.717) is 0 Å². The number of thioether (sulfide) groups is 1. The highest BCUT2D eigenvalue weighted by Crippen LogP contribution is 2.31. The normalized spacial score (nSPS) is 17.4. The molecule has 1 aromatic carbocycles. The first-order valence-electron chi connectivity index (χ1n) is 7.61. The van der Waals surface area contributed by atoms with Gasteiger partial charge in [-0.05, 0) is 37.1 Å². The van der Waals surface area contributed by atoms with Gasteiger partial charge in [0, 0.05) is 22.7 Å². The molecular formula is C17H27NOS. The molecule has 0 radical (unpaired) electrons. The number of benzene rings is 1. The van der Waals surface area contributed by atoms with Crippen LogP contribution in [0.5, 0.6) is 0 Å². The van der Waals surface area contributed by atoms with E-state index in [2.05, 4.69) is 49.9 Å². The van der Waals surface area contributed by atoms with Crippen molar-refractivity contribution in [2.45, 2.75) is 43.3 Å². The van der Waals surface area contributed by atoms with E-state index < -0.39 is 0 Å². The molecule has 1 aromatic rings. The fourth-order valence-electron chi connectivity index (χ4n) is 2.41. The van der Waals surface area contributed by atoms with Gasteiger partial charge < -0.3 is 4.74 Å². The molecule has 2 rings (SSSR count). The molecule has 0 bridgehead atoms. The first-order valence-corrected chi connectivity index (χ1v) is 8.43. The minimum absolute atomic E-state index is 0.290. The zero-order valence-electron chi connectivity index (χ0n) is 13.0. The highest BCUT2D eigenvalue weighted by atomic mass is 32.2. The summed E-state index contributed by atoms with van der Waals surface area (Å²) >= 11 is 1.93. The third-order valence-corrected chi connectivity index (χ3v) is 4.51. The number of morpholine rings is 1. The smallest absolute Gasteiger partial charge is 0.0594 e. The molecule has 0 amide bonds. The summed E-state index contributed by atoms with van der Waals surface area (Å²) in [7, 11) is 0. The Hall–Kier alpha value is -0.510. The lowest BCUT2D eigenvalue weighted by Crippen LogP contribution is -2.36. The maximum absolute atomic E-state index is 5.37. The lowest BCUT2D eigenvalue weighted by atomic mass is 10.1. The molecule has 1 heterocycles. The van der Waals surface area contributed by atoms with Crippen LogP contribution >= 0.6 is 11.8 Å². The van der Waals surface area contributed by atoms with Gasteiger partial charge in [-0.15, -0.1) is 11.8 Å². The van der Waals surface area contributed by atoms with Gasteiger partial charge in [0.2, 0.25) is 0 Å². The number of nitrogens with zero attached hydrogens (tertiary/aromatic N) is 1. The van der Waals surface area contributed by atoms with Crippen molar-refractivity contribution in [2.24, 2.45) is 0 Å². The molecule has 0 atom stereocenters. The summed E-state index contributed by atoms with van der Waals surface area (Å²) in [4.78, 5) is 3.88. The average molecular weight is 293 g/mol. The van der Waals surface area contributed by atoms with E-state index in [1.54, 1.807) is 0 Å². The Morgan fingerprint density at radius 1 is 1.10 bits per heavy atom. The highest BCUT2D eigenvalue weighted by Gasteiger charge is 2.12. The highest BCUT2D eigenvalue weighted by molar-refractivity contribution is 8.00. The maximum atomic E-state index is 5.37. The molecule has 1 aliphatic heterocycles. The molecule has 0 aliphatic carbocycles. The summed E-state index contributed by atoms with van der Waals surface area (Å²) in [5, 5.41) is 0. The summed E-state index contributed by atoms with van der Waals surface area (Å²) in [6, 6.07) is 9.10. The van der Waals surface area contributed by atoms with E-state index in [1.165, 1.54) is 29.8 Å². The van der Waals surface area contributed by atoms with Gasteiger partial charge >= 0.3 is 0 Å². The van der Waals surface area contributed by atoms with Gasteiger partial charge in [0.1, 0.15) is 0 Å². The van der Waals surface area contributed by atoms with Crippen molar-refractivity contribution in [3.05, 3.63) is 29.8 Å². The van der Waals surface area contributed by atoms with E-state index >= 15 is 0 Å². The van der Waals surface area contributed by atoms with Crippen LogP contribution in [0, 0.1) is 0 Å². The molecule has 20 heavy (non-hydrogen) atoms. The van der Waals surface area contributed by atoms with E-state index in [0.717, 1.165) is 26.3 Å². The van der Waals surface area contributed by atoms with Gasteiger partial charge in [0.05, 0.1) is 13.2 Å². The Kier molecular flexibility index (Phi) is 5.94. The lowest BCUT2D eigenvalue weighted by Gasteiger charge is -2.26. The second-order valence-electron chi connectivity index (χ2n) is 6.42. The molecular weight excluding hydrogens is 266 g/mol. The Labute approximate surface area is 127 Å². The zero-order valence-corrected chi connectivity index (χ0v) is 13.8. The van der Waals surface area contributed by atoms with Gasteiger partial charge in [0.25, 0.3) is 0 Å². The first-order chi connectivity index (χ1) is 9.53. The van der Waals surface area contributed by atoms with Crippen LogP contribution < -0.4 is 0 Å². The zero-order chi connectivity index (χ0) is 14.4. The van der Waals surface area contributed by atoms with E-state index in [9.17, 15) is 0 Å². The number of hydrogen-bond donors (Lipinski definition) is 0. The van der Waals surface area contributed by atoms with E-state index in [-0.39, 0.29) is 4.75 Å². The van der Waals surface area contributed by atoms with Gasteiger partial charge in [0.15, 0.2) is 0 Å². The summed E-state index contributed by atoms with van der Waals surface area (Å²) in [6.45, 7) is 12.0. The van der Waals surface area contributed by atoms with E-state index in [4.69, 9.17) is 4.74 Å². The van der Waals surface area contributed by atoms with Crippen molar-refractivity contribution < 1.29 is 4.74 Å². The number of aryl methyl sites for hydroxylation is 1. The molecule has 2 nitrogen and oxygen atoms in total. The van der Waals surface area contributed by atoms with Crippen LogP contribution in [-0.4, -0.2) is 42.5 Å². The van der Waals surface area contributed by atoms with Crippen LogP contribution in [0.2, 0.25) is 0 Å². The van der Waals surface area contributed by atoms with Crippen molar-refractivity contribution in [1.29, 1.82) is 0 Å². The fraction of sp³-hybridized carbons (Fsp3) is 0.647. The Morgan fingerprint density at radius 3 is 2.35 bits per heavy atom. The van der Waals surface area contributed by atoms with Crippen molar-refractivity contribution in [3.8, 4) is 0 Å². The summed E-state index contributed by atoms with van der Waals surface area (Å²) in [6.07, 6.45) is 2.42. The molecule has 1 fully saturated rings. The first kappa shape index (κ1) is 15.9. The van der Waals surface area contributed by atoms with Gasteiger partial charge in [-0.25, -0.2) is 0 Å². The second kappa shape index (κ2) is 7.48. The molecule has 112 valence electrons. The third kappa shape index (κ3) is 5.86. The van der Waals surface area contributed by atoms with Gasteiger partial charge in [-0.1, -0.05) is 32.9 Å². The predicted octanol–water partition coefficient (Wildman–Crippen LogP) is 3.84. The topological polar surface area (TPSA) is 12.5 Å². The third-order valence-electron chi connectivity index (χ3n) is 3.39. The van der Waals surface area contributed by atoms with Gasteiger partial charge in [-0.3, -0.25) is 4.90 Å². The van der Waals surface area contributed by atoms with Crippen molar-refractivity contribution >= 4 is 11.8 Å². The lowest BCUT2D eigenvalue weighted by molar-refractivity contribution is 0.0375. The SMILES string of the molecule is CC(C)(C)Sc1ccc(CCCN2CCOCC2)cc1. The van der Waals surface area contributed by atoms with Gasteiger partial charge in [-0.2, -0.15) is 0 Å². The molecule has 0 saturated carbocycles. The standard InChI is InChI=1S/C17H27NOS/c1-17(2,3)20-16-8-6-15(7-9-16)5-4-10-18-11-13-19-14-12-18/h6-9H,4-5,10-14H2,1-3H3. The average Bonchev–Trinajstić information content (AvgIpc) is 2.40. The molecule has 1 aliphatic rings. The quantitative estimate of drug-likeness (QED) is 0.765. The second-order valence-corrected chi connectivity index (χ2v) is 8.32. The number of hydrogen-bond acceptors (Lipinski definition) is 3. The Morgan fingerprint density at radius 2 is 1.75 bits per heavy atom.